The first-order chi connectivity index (χ1) is 14.0. The van der Waals surface area contributed by atoms with Gasteiger partial charge in [-0.2, -0.15) is 0 Å². The molecule has 0 spiro atoms. The van der Waals surface area contributed by atoms with E-state index in [4.69, 9.17) is 32.7 Å². The maximum atomic E-state index is 12.3. The second kappa shape index (κ2) is 10.1. The number of hydrogen-bond donors (Lipinski definition) is 1. The Kier molecular flexibility index (Phi) is 7.33. The van der Waals surface area contributed by atoms with Gasteiger partial charge in [0, 0.05) is 17.8 Å². The summed E-state index contributed by atoms with van der Waals surface area (Å²) in [6, 6.07) is 18.1. The standard InChI is InChI=1S/C22H20Cl2N2O3/c1-15(29-21-10-7-17(23)12-20(21)24)22(27)26-13-16-5-8-19(9-6-16)28-14-18-4-2-3-11-25-18/h2-12,15H,13-14H2,1H3,(H,26,27). The highest BCUT2D eigenvalue weighted by Gasteiger charge is 2.16. The van der Waals surface area contributed by atoms with Crippen LogP contribution < -0.4 is 14.8 Å². The number of benzene rings is 2. The SMILES string of the molecule is CC(Oc1ccc(Cl)cc1Cl)C(=O)NCc1ccc(OCc2ccccn2)cc1. The van der Waals surface area contributed by atoms with Crippen LogP contribution >= 0.6 is 23.2 Å². The van der Waals surface area contributed by atoms with Crippen LogP contribution in [-0.4, -0.2) is 17.0 Å². The first kappa shape index (κ1) is 21.0. The summed E-state index contributed by atoms with van der Waals surface area (Å²) in [6.45, 7) is 2.44. The molecule has 0 aliphatic carbocycles. The van der Waals surface area contributed by atoms with E-state index >= 15 is 0 Å². The predicted octanol–water partition coefficient (Wildman–Crippen LogP) is 5.05. The number of halogens is 2. The van der Waals surface area contributed by atoms with Gasteiger partial charge in [-0.25, -0.2) is 0 Å². The zero-order valence-electron chi connectivity index (χ0n) is 15.8. The Morgan fingerprint density at radius 2 is 1.90 bits per heavy atom. The molecule has 1 atom stereocenters. The average molecular weight is 431 g/mol. The molecular weight excluding hydrogens is 411 g/mol. The van der Waals surface area contributed by atoms with Gasteiger partial charge >= 0.3 is 0 Å². The zero-order valence-corrected chi connectivity index (χ0v) is 17.3. The van der Waals surface area contributed by atoms with Crippen LogP contribution in [0.5, 0.6) is 11.5 Å². The number of carbonyl (C=O) groups excluding carboxylic acids is 1. The van der Waals surface area contributed by atoms with Crippen molar-refractivity contribution in [2.75, 3.05) is 0 Å². The number of nitrogens with zero attached hydrogens (tertiary/aromatic N) is 1. The average Bonchev–Trinajstić information content (AvgIpc) is 2.74. The van der Waals surface area contributed by atoms with Gasteiger partial charge in [0.15, 0.2) is 6.10 Å². The van der Waals surface area contributed by atoms with E-state index in [0.717, 1.165) is 17.0 Å². The Bertz CT molecular complexity index is 950. The van der Waals surface area contributed by atoms with Crippen molar-refractivity contribution in [2.45, 2.75) is 26.2 Å². The molecule has 0 saturated heterocycles. The lowest BCUT2D eigenvalue weighted by atomic mass is 10.2. The van der Waals surface area contributed by atoms with Crippen LogP contribution in [0.1, 0.15) is 18.2 Å². The van der Waals surface area contributed by atoms with Crippen LogP contribution in [0.15, 0.2) is 66.9 Å². The van der Waals surface area contributed by atoms with Gasteiger partial charge in [0.1, 0.15) is 18.1 Å². The van der Waals surface area contributed by atoms with Crippen molar-refractivity contribution in [3.05, 3.63) is 88.2 Å². The summed E-state index contributed by atoms with van der Waals surface area (Å²) >= 11 is 11.9. The van der Waals surface area contributed by atoms with Crippen molar-refractivity contribution >= 4 is 29.1 Å². The van der Waals surface area contributed by atoms with Crippen molar-refractivity contribution in [1.82, 2.24) is 10.3 Å². The Hall–Kier alpha value is -2.76. The number of ether oxygens (including phenoxy) is 2. The van der Waals surface area contributed by atoms with Gasteiger partial charge in [-0.3, -0.25) is 9.78 Å². The largest absolute Gasteiger partial charge is 0.487 e. The van der Waals surface area contributed by atoms with E-state index in [1.54, 1.807) is 31.3 Å². The summed E-state index contributed by atoms with van der Waals surface area (Å²) in [4.78, 5) is 16.5. The summed E-state index contributed by atoms with van der Waals surface area (Å²) in [5.74, 6) is 0.902. The minimum absolute atomic E-state index is 0.244. The van der Waals surface area contributed by atoms with Gasteiger partial charge in [0.05, 0.1) is 10.7 Å². The van der Waals surface area contributed by atoms with Gasteiger partial charge in [-0.1, -0.05) is 41.4 Å². The van der Waals surface area contributed by atoms with E-state index in [1.165, 1.54) is 0 Å². The first-order valence-electron chi connectivity index (χ1n) is 9.02. The molecule has 1 amide bonds. The van der Waals surface area contributed by atoms with Crippen LogP contribution in [0, 0.1) is 0 Å². The maximum absolute atomic E-state index is 12.3. The highest BCUT2D eigenvalue weighted by molar-refractivity contribution is 6.35. The number of nitrogens with one attached hydrogen (secondary N) is 1. The van der Waals surface area contributed by atoms with Gasteiger partial charge in [0.2, 0.25) is 0 Å². The van der Waals surface area contributed by atoms with Gasteiger partial charge in [0.25, 0.3) is 5.91 Å². The molecule has 1 heterocycles. The monoisotopic (exact) mass is 430 g/mol. The molecule has 3 aromatic rings. The normalized spacial score (nSPS) is 11.6. The van der Waals surface area contributed by atoms with Crippen molar-refractivity contribution < 1.29 is 14.3 Å². The van der Waals surface area contributed by atoms with Crippen LogP contribution in [0.3, 0.4) is 0 Å². The zero-order chi connectivity index (χ0) is 20.6. The fraction of sp³-hybridized carbons (Fsp3) is 0.182. The number of pyridine rings is 1. The highest BCUT2D eigenvalue weighted by Crippen LogP contribution is 2.28. The van der Waals surface area contributed by atoms with Gasteiger partial charge in [-0.15, -0.1) is 0 Å². The highest BCUT2D eigenvalue weighted by atomic mass is 35.5. The summed E-state index contributed by atoms with van der Waals surface area (Å²) in [5.41, 5.74) is 1.80. The predicted molar refractivity (Wildman–Crippen MR) is 113 cm³/mol. The van der Waals surface area contributed by atoms with Crippen molar-refractivity contribution in [1.29, 1.82) is 0 Å². The molecule has 0 radical (unpaired) electrons. The van der Waals surface area contributed by atoms with Crippen LogP contribution in [0.25, 0.3) is 0 Å². The Labute approximate surface area is 179 Å². The van der Waals surface area contributed by atoms with Gasteiger partial charge < -0.3 is 14.8 Å². The lowest BCUT2D eigenvalue weighted by molar-refractivity contribution is -0.127. The molecule has 0 bridgehead atoms. The van der Waals surface area contributed by atoms with E-state index in [2.05, 4.69) is 10.3 Å². The summed E-state index contributed by atoms with van der Waals surface area (Å²) in [7, 11) is 0. The number of aromatic nitrogens is 1. The molecule has 1 unspecified atom stereocenters. The summed E-state index contributed by atoms with van der Waals surface area (Å²) in [6.07, 6.45) is 1.03. The molecule has 2 aromatic carbocycles. The molecular formula is C22H20Cl2N2O3. The molecule has 3 rings (SSSR count). The Balaban J connectivity index is 1.46. The van der Waals surface area contributed by atoms with Crippen molar-refractivity contribution in [2.24, 2.45) is 0 Å². The maximum Gasteiger partial charge on any atom is 0.261 e. The fourth-order valence-electron chi connectivity index (χ4n) is 2.49. The van der Waals surface area contributed by atoms with E-state index in [-0.39, 0.29) is 5.91 Å². The quantitative estimate of drug-likeness (QED) is 0.542. The number of rotatable bonds is 8. The Morgan fingerprint density at radius 1 is 1.10 bits per heavy atom. The minimum atomic E-state index is -0.699. The molecule has 1 aromatic heterocycles. The molecule has 0 aliphatic heterocycles. The molecule has 1 N–H and O–H groups in total. The Morgan fingerprint density at radius 3 is 2.59 bits per heavy atom. The third kappa shape index (κ3) is 6.38. The number of hydrogen-bond acceptors (Lipinski definition) is 4. The second-order valence-corrected chi connectivity index (χ2v) is 7.15. The van der Waals surface area contributed by atoms with E-state index in [1.807, 2.05) is 42.5 Å². The topological polar surface area (TPSA) is 60.5 Å². The van der Waals surface area contributed by atoms with Crippen LogP contribution in [0.2, 0.25) is 10.0 Å². The van der Waals surface area contributed by atoms with Crippen molar-refractivity contribution in [3.8, 4) is 11.5 Å². The minimum Gasteiger partial charge on any atom is -0.487 e. The third-order valence-electron chi connectivity index (χ3n) is 4.07. The van der Waals surface area contributed by atoms with E-state index in [0.29, 0.717) is 28.9 Å². The van der Waals surface area contributed by atoms with E-state index in [9.17, 15) is 4.79 Å². The second-order valence-electron chi connectivity index (χ2n) is 6.31. The number of carbonyl (C=O) groups is 1. The van der Waals surface area contributed by atoms with Crippen molar-refractivity contribution in [3.63, 3.8) is 0 Å². The fourth-order valence-corrected chi connectivity index (χ4v) is 2.95. The third-order valence-corrected chi connectivity index (χ3v) is 4.60. The molecule has 5 nitrogen and oxygen atoms in total. The van der Waals surface area contributed by atoms with Crippen LogP contribution in [0.4, 0.5) is 0 Å². The first-order valence-corrected chi connectivity index (χ1v) is 9.78. The lowest BCUT2D eigenvalue weighted by Crippen LogP contribution is -2.35. The summed E-state index contributed by atoms with van der Waals surface area (Å²) < 4.78 is 11.3. The van der Waals surface area contributed by atoms with Gasteiger partial charge in [-0.05, 0) is 55.0 Å². The molecule has 0 aliphatic rings. The summed E-state index contributed by atoms with van der Waals surface area (Å²) in [5, 5.41) is 3.71. The lowest BCUT2D eigenvalue weighted by Gasteiger charge is -2.16. The molecule has 150 valence electrons. The van der Waals surface area contributed by atoms with E-state index < -0.39 is 6.10 Å². The van der Waals surface area contributed by atoms with Crippen LogP contribution in [-0.2, 0) is 17.9 Å². The number of amides is 1. The molecule has 0 saturated carbocycles. The molecule has 29 heavy (non-hydrogen) atoms. The smallest absolute Gasteiger partial charge is 0.261 e. The molecule has 0 fully saturated rings. The molecule has 7 heteroatoms.